The Labute approximate surface area is 253 Å². The molecule has 1 aliphatic heterocycles. The van der Waals surface area contributed by atoms with E-state index < -0.39 is 12.0 Å². The Morgan fingerprint density at radius 1 is 1.07 bits per heavy atom. The molecule has 2 aromatic heterocycles. The minimum atomic E-state index is -0.765. The van der Waals surface area contributed by atoms with Crippen LogP contribution in [0.5, 0.6) is 5.75 Å². The summed E-state index contributed by atoms with van der Waals surface area (Å²) < 4.78 is 15.6. The van der Waals surface area contributed by atoms with Gasteiger partial charge in [-0.15, -0.1) is 0 Å². The minimum absolute atomic E-state index is 0.193. The molecular weight excluding hydrogens is 558 g/mol. The van der Waals surface area contributed by atoms with Gasteiger partial charge in [0.1, 0.15) is 5.75 Å². The number of aryl methyl sites for hydroxylation is 1. The predicted octanol–water partition coefficient (Wildman–Crippen LogP) is 5.79. The van der Waals surface area contributed by atoms with E-state index in [0.717, 1.165) is 33.2 Å². The molecule has 0 N–H and O–H groups in total. The maximum atomic E-state index is 14.3. The third-order valence-corrected chi connectivity index (χ3v) is 8.72. The first kappa shape index (κ1) is 28.4. The van der Waals surface area contributed by atoms with Gasteiger partial charge in [-0.3, -0.25) is 9.36 Å². The molecule has 7 nitrogen and oxygen atoms in total. The average molecular weight is 592 g/mol. The number of para-hydroxylation sites is 1. The second kappa shape index (κ2) is 11.5. The number of rotatable bonds is 7. The molecule has 0 aliphatic carbocycles. The van der Waals surface area contributed by atoms with Gasteiger partial charge < -0.3 is 14.0 Å². The predicted molar refractivity (Wildman–Crippen MR) is 171 cm³/mol. The van der Waals surface area contributed by atoms with Crippen LogP contribution in [0.15, 0.2) is 94.4 Å². The Kier molecular flexibility index (Phi) is 7.62. The molecule has 6 rings (SSSR count). The Balaban J connectivity index is 1.67. The maximum absolute atomic E-state index is 14.3. The van der Waals surface area contributed by atoms with Crippen LogP contribution >= 0.6 is 11.3 Å². The van der Waals surface area contributed by atoms with Crippen LogP contribution in [-0.2, 0) is 9.53 Å². The van der Waals surface area contributed by atoms with Gasteiger partial charge in [-0.25, -0.2) is 9.79 Å². The SMILES string of the molecule is CCOC(=O)C1=C(c2ccccc2)N=c2s/c(=C/c3cn(C(C)C)c4ccccc34)c(=O)n2[C@@H]1c1ccc(C)c(OC)c1. The highest BCUT2D eigenvalue weighted by molar-refractivity contribution is 7.07. The number of ether oxygens (including phenoxy) is 2. The lowest BCUT2D eigenvalue weighted by Crippen LogP contribution is -2.40. The first-order chi connectivity index (χ1) is 20.8. The number of esters is 1. The summed E-state index contributed by atoms with van der Waals surface area (Å²) in [6.07, 6.45) is 4.03. The third kappa shape index (κ3) is 5.02. The van der Waals surface area contributed by atoms with E-state index in [-0.39, 0.29) is 18.2 Å². The summed E-state index contributed by atoms with van der Waals surface area (Å²) in [7, 11) is 1.61. The number of carbonyl (C=O) groups excluding carboxylic acids is 1. The largest absolute Gasteiger partial charge is 0.496 e. The number of carbonyl (C=O) groups is 1. The van der Waals surface area contributed by atoms with Gasteiger partial charge in [0.2, 0.25) is 0 Å². The van der Waals surface area contributed by atoms with Crippen molar-refractivity contribution in [3.05, 3.63) is 127 Å². The molecule has 3 heterocycles. The van der Waals surface area contributed by atoms with Crippen LogP contribution < -0.4 is 19.6 Å². The molecule has 1 atom stereocenters. The van der Waals surface area contributed by atoms with Gasteiger partial charge in [-0.1, -0.05) is 72.0 Å². The van der Waals surface area contributed by atoms with Gasteiger partial charge in [-0.2, -0.15) is 0 Å². The van der Waals surface area contributed by atoms with Crippen molar-refractivity contribution < 1.29 is 14.3 Å². The molecule has 43 heavy (non-hydrogen) atoms. The molecule has 0 spiro atoms. The lowest BCUT2D eigenvalue weighted by atomic mass is 9.92. The van der Waals surface area contributed by atoms with Gasteiger partial charge in [0, 0.05) is 34.3 Å². The second-order valence-corrected chi connectivity index (χ2v) is 11.8. The van der Waals surface area contributed by atoms with E-state index in [9.17, 15) is 9.59 Å². The molecule has 0 saturated carbocycles. The Morgan fingerprint density at radius 2 is 1.81 bits per heavy atom. The molecule has 218 valence electrons. The van der Waals surface area contributed by atoms with Gasteiger partial charge in [-0.05, 0) is 57.0 Å². The number of thiazole rings is 1. The third-order valence-electron chi connectivity index (χ3n) is 7.74. The van der Waals surface area contributed by atoms with Crippen molar-refractivity contribution in [2.24, 2.45) is 4.99 Å². The van der Waals surface area contributed by atoms with E-state index >= 15 is 0 Å². The number of benzene rings is 3. The summed E-state index contributed by atoms with van der Waals surface area (Å²) in [5.41, 5.74) is 5.11. The summed E-state index contributed by atoms with van der Waals surface area (Å²) in [5.74, 6) is 0.159. The zero-order chi connectivity index (χ0) is 30.2. The molecule has 0 amide bonds. The van der Waals surface area contributed by atoms with Crippen LogP contribution in [0, 0.1) is 6.92 Å². The number of nitrogens with zero attached hydrogens (tertiary/aromatic N) is 3. The topological polar surface area (TPSA) is 74.8 Å². The lowest BCUT2D eigenvalue weighted by Gasteiger charge is -2.26. The average Bonchev–Trinajstić information content (AvgIpc) is 3.54. The van der Waals surface area contributed by atoms with Crippen LogP contribution in [0.1, 0.15) is 55.1 Å². The minimum Gasteiger partial charge on any atom is -0.496 e. The highest BCUT2D eigenvalue weighted by Crippen LogP contribution is 2.37. The maximum Gasteiger partial charge on any atom is 0.338 e. The summed E-state index contributed by atoms with van der Waals surface area (Å²) >= 11 is 1.32. The Morgan fingerprint density at radius 3 is 2.53 bits per heavy atom. The fraction of sp³-hybridized carbons (Fsp3) is 0.229. The molecule has 0 radical (unpaired) electrons. The van der Waals surface area contributed by atoms with Gasteiger partial charge in [0.15, 0.2) is 4.80 Å². The molecular formula is C35H33N3O4S. The van der Waals surface area contributed by atoms with Crippen molar-refractivity contribution in [2.45, 2.75) is 39.8 Å². The van der Waals surface area contributed by atoms with Crippen molar-refractivity contribution >= 4 is 40.0 Å². The van der Waals surface area contributed by atoms with Crippen LogP contribution in [0.2, 0.25) is 0 Å². The first-order valence-corrected chi connectivity index (χ1v) is 15.2. The molecule has 0 fully saturated rings. The van der Waals surface area contributed by atoms with Crippen molar-refractivity contribution in [3.8, 4) is 5.75 Å². The molecule has 8 heteroatoms. The summed E-state index contributed by atoms with van der Waals surface area (Å²) in [6.45, 7) is 8.20. The van der Waals surface area contributed by atoms with E-state index in [1.54, 1.807) is 18.6 Å². The fourth-order valence-corrected chi connectivity index (χ4v) is 6.67. The van der Waals surface area contributed by atoms with Crippen LogP contribution in [0.4, 0.5) is 0 Å². The van der Waals surface area contributed by atoms with Gasteiger partial charge in [0.05, 0.1) is 35.6 Å². The van der Waals surface area contributed by atoms with Crippen molar-refractivity contribution in [2.75, 3.05) is 13.7 Å². The molecule has 0 unspecified atom stereocenters. The standard InChI is InChI=1S/C35H33N3O4S/c1-6-42-34(40)30-31(23-12-8-7-9-13-23)36-35-38(32(30)24-17-16-22(4)28(18-24)41-5)33(39)29(43-35)19-25-20-37(21(2)3)27-15-11-10-14-26(25)27/h7-21,32H,6H2,1-5H3/b29-19+/t32-/m1/s1. The van der Waals surface area contributed by atoms with E-state index in [0.29, 0.717) is 26.4 Å². The fourth-order valence-electron chi connectivity index (χ4n) is 5.68. The second-order valence-electron chi connectivity index (χ2n) is 10.8. The van der Waals surface area contributed by atoms with Crippen LogP contribution in [0.25, 0.3) is 22.7 Å². The number of methoxy groups -OCH3 is 1. The van der Waals surface area contributed by atoms with Gasteiger partial charge in [0.25, 0.3) is 5.56 Å². The molecule has 0 saturated heterocycles. The summed E-state index contributed by atoms with van der Waals surface area (Å²) in [5, 5.41) is 1.07. The Hall–Kier alpha value is -4.69. The lowest BCUT2D eigenvalue weighted by molar-refractivity contribution is -0.138. The van der Waals surface area contributed by atoms with Crippen molar-refractivity contribution in [1.29, 1.82) is 0 Å². The number of aromatic nitrogens is 2. The number of fused-ring (bicyclic) bond motifs is 2. The number of hydrogen-bond donors (Lipinski definition) is 0. The monoisotopic (exact) mass is 591 g/mol. The molecule has 1 aliphatic rings. The first-order valence-electron chi connectivity index (χ1n) is 14.3. The highest BCUT2D eigenvalue weighted by Gasteiger charge is 2.35. The zero-order valence-corrected chi connectivity index (χ0v) is 25.6. The summed E-state index contributed by atoms with van der Waals surface area (Å²) in [6, 6.07) is 23.0. The van der Waals surface area contributed by atoms with E-state index in [4.69, 9.17) is 14.5 Å². The van der Waals surface area contributed by atoms with Crippen LogP contribution in [0.3, 0.4) is 0 Å². The zero-order valence-electron chi connectivity index (χ0n) is 24.8. The summed E-state index contributed by atoms with van der Waals surface area (Å²) in [4.78, 5) is 33.5. The van der Waals surface area contributed by atoms with Crippen molar-refractivity contribution in [3.63, 3.8) is 0 Å². The molecule has 5 aromatic rings. The van der Waals surface area contributed by atoms with Crippen molar-refractivity contribution in [1.82, 2.24) is 9.13 Å². The number of hydrogen-bond acceptors (Lipinski definition) is 6. The van der Waals surface area contributed by atoms with E-state index in [2.05, 4.69) is 36.7 Å². The highest BCUT2D eigenvalue weighted by atomic mass is 32.1. The quantitative estimate of drug-likeness (QED) is 0.225. The van der Waals surface area contributed by atoms with E-state index in [1.807, 2.05) is 73.7 Å². The normalized spacial score (nSPS) is 15.1. The van der Waals surface area contributed by atoms with Gasteiger partial charge >= 0.3 is 5.97 Å². The molecule has 0 bridgehead atoms. The van der Waals surface area contributed by atoms with Crippen LogP contribution in [-0.4, -0.2) is 28.8 Å². The molecule has 3 aromatic carbocycles. The smallest absolute Gasteiger partial charge is 0.338 e. The van der Waals surface area contributed by atoms with E-state index in [1.165, 1.54) is 11.3 Å². The Bertz CT molecular complexity index is 2070.